The van der Waals surface area contributed by atoms with Crippen LogP contribution >= 0.6 is 0 Å². The Morgan fingerprint density at radius 3 is 2.20 bits per heavy atom. The van der Waals surface area contributed by atoms with Crippen LogP contribution in [0.15, 0.2) is 71.6 Å². The summed E-state index contributed by atoms with van der Waals surface area (Å²) in [5.74, 6) is 0. The molecule has 4 heteroatoms. The maximum atomic E-state index is 13.0. The van der Waals surface area contributed by atoms with Crippen LogP contribution in [0.3, 0.4) is 0 Å². The van der Waals surface area contributed by atoms with E-state index in [1.165, 1.54) is 0 Å². The van der Waals surface area contributed by atoms with Gasteiger partial charge in [0.25, 0.3) is 0 Å². The molecule has 0 aliphatic carbocycles. The lowest BCUT2D eigenvalue weighted by atomic mass is 9.88. The second kappa shape index (κ2) is 5.83. The average Bonchev–Trinajstić information content (AvgIpc) is 2.71. The van der Waals surface area contributed by atoms with Gasteiger partial charge in [-0.15, -0.1) is 0 Å². The normalized spacial score (nSPS) is 18.1. The van der Waals surface area contributed by atoms with Crippen LogP contribution in [0.5, 0.6) is 0 Å². The van der Waals surface area contributed by atoms with E-state index in [1.807, 2.05) is 68.4 Å². The number of benzene rings is 3. The molecule has 0 amide bonds. The number of nitrogens with one attached hydrogen (secondary N) is 1. The van der Waals surface area contributed by atoms with Gasteiger partial charge in [0.1, 0.15) is 0 Å². The largest absolute Gasteiger partial charge is 0.242 e. The predicted molar refractivity (Wildman–Crippen MR) is 100.0 cm³/mol. The Balaban J connectivity index is 2.05. The minimum atomic E-state index is -3.62. The third-order valence-corrected chi connectivity index (χ3v) is 6.45. The maximum absolute atomic E-state index is 13.0. The van der Waals surface area contributed by atoms with Gasteiger partial charge in [0.15, 0.2) is 0 Å². The van der Waals surface area contributed by atoms with Gasteiger partial charge in [-0.05, 0) is 47.7 Å². The molecule has 0 aromatic heterocycles. The molecule has 3 aromatic carbocycles. The molecule has 3 nitrogen and oxygen atoms in total. The second-order valence-electron chi connectivity index (χ2n) is 6.43. The zero-order chi connectivity index (χ0) is 17.6. The summed E-state index contributed by atoms with van der Waals surface area (Å²) in [6.07, 6.45) is 0. The summed E-state index contributed by atoms with van der Waals surface area (Å²) in [6, 6.07) is 20.7. The lowest BCUT2D eigenvalue weighted by Crippen LogP contribution is -2.28. The van der Waals surface area contributed by atoms with Crippen molar-refractivity contribution in [1.29, 1.82) is 0 Å². The van der Waals surface area contributed by atoms with E-state index in [0.717, 1.165) is 33.4 Å². The van der Waals surface area contributed by atoms with Gasteiger partial charge in [0, 0.05) is 5.56 Å². The molecule has 1 unspecified atom stereocenters. The topological polar surface area (TPSA) is 46.2 Å². The van der Waals surface area contributed by atoms with Crippen LogP contribution in [0.25, 0.3) is 11.1 Å². The summed E-state index contributed by atoms with van der Waals surface area (Å²) >= 11 is 0. The van der Waals surface area contributed by atoms with Crippen molar-refractivity contribution in [2.75, 3.05) is 0 Å². The van der Waals surface area contributed by atoms with Crippen LogP contribution in [0.4, 0.5) is 0 Å². The first-order valence-electron chi connectivity index (χ1n) is 8.26. The highest BCUT2D eigenvalue weighted by molar-refractivity contribution is 7.89. The minimum Gasteiger partial charge on any atom is -0.207 e. The van der Waals surface area contributed by atoms with Crippen molar-refractivity contribution < 1.29 is 8.42 Å². The van der Waals surface area contributed by atoms with Gasteiger partial charge in [0.05, 0.1) is 10.9 Å². The van der Waals surface area contributed by atoms with E-state index in [0.29, 0.717) is 4.90 Å². The summed E-state index contributed by atoms with van der Waals surface area (Å²) < 4.78 is 29.0. The monoisotopic (exact) mass is 349 g/mol. The standard InChI is InChI=1S/C21H19NO2S/c1-14-8-7-12-16(15(14)2)21-19-11-4-3-9-17(19)18-10-5-6-13-20(18)25(23,24)22-21/h3-13,21-22H,1-2H3. The predicted octanol–water partition coefficient (Wildman–Crippen LogP) is 4.35. The lowest BCUT2D eigenvalue weighted by molar-refractivity contribution is 0.574. The summed E-state index contributed by atoms with van der Waals surface area (Å²) in [5.41, 5.74) is 5.93. The first kappa shape index (κ1) is 16.1. The van der Waals surface area contributed by atoms with Crippen LogP contribution in [0.2, 0.25) is 0 Å². The number of rotatable bonds is 1. The molecule has 0 fully saturated rings. The third kappa shape index (κ3) is 2.58. The van der Waals surface area contributed by atoms with Crippen LogP contribution < -0.4 is 4.72 Å². The molecular formula is C21H19NO2S. The molecule has 0 saturated carbocycles. The molecule has 126 valence electrons. The fraction of sp³-hybridized carbons (Fsp3) is 0.143. The van der Waals surface area contributed by atoms with E-state index in [4.69, 9.17) is 0 Å². The molecule has 1 N–H and O–H groups in total. The van der Waals surface area contributed by atoms with Crippen LogP contribution in [-0.4, -0.2) is 8.42 Å². The van der Waals surface area contributed by atoms with E-state index >= 15 is 0 Å². The van der Waals surface area contributed by atoms with Gasteiger partial charge in [-0.3, -0.25) is 0 Å². The average molecular weight is 349 g/mol. The first-order valence-corrected chi connectivity index (χ1v) is 9.74. The van der Waals surface area contributed by atoms with E-state index in [2.05, 4.69) is 4.72 Å². The smallest absolute Gasteiger partial charge is 0.207 e. The zero-order valence-corrected chi connectivity index (χ0v) is 15.0. The van der Waals surface area contributed by atoms with Crippen LogP contribution in [-0.2, 0) is 10.0 Å². The Bertz CT molecular complexity index is 1070. The molecule has 25 heavy (non-hydrogen) atoms. The van der Waals surface area contributed by atoms with Gasteiger partial charge in [-0.2, -0.15) is 4.72 Å². The summed E-state index contributed by atoms with van der Waals surface area (Å²) in [5, 5.41) is 0. The number of sulfonamides is 1. The lowest BCUT2D eigenvalue weighted by Gasteiger charge is -2.21. The van der Waals surface area contributed by atoms with Crippen molar-refractivity contribution in [3.05, 3.63) is 89.0 Å². The van der Waals surface area contributed by atoms with Gasteiger partial charge in [-0.1, -0.05) is 60.7 Å². The molecule has 1 atom stereocenters. The van der Waals surface area contributed by atoms with E-state index < -0.39 is 16.1 Å². The van der Waals surface area contributed by atoms with Crippen molar-refractivity contribution in [2.45, 2.75) is 24.8 Å². The molecule has 3 aromatic rings. The molecule has 1 heterocycles. The molecule has 1 aliphatic heterocycles. The molecule has 0 radical (unpaired) electrons. The third-order valence-electron chi connectivity index (χ3n) is 4.97. The van der Waals surface area contributed by atoms with Gasteiger partial charge in [-0.25, -0.2) is 8.42 Å². The molecule has 0 spiro atoms. The van der Waals surface area contributed by atoms with Crippen molar-refractivity contribution >= 4 is 10.0 Å². The van der Waals surface area contributed by atoms with Crippen molar-refractivity contribution in [1.82, 2.24) is 4.72 Å². The molecule has 1 aliphatic rings. The molecule has 0 saturated heterocycles. The van der Waals surface area contributed by atoms with Gasteiger partial charge < -0.3 is 0 Å². The van der Waals surface area contributed by atoms with Gasteiger partial charge >= 0.3 is 0 Å². The quantitative estimate of drug-likeness (QED) is 0.710. The van der Waals surface area contributed by atoms with E-state index in [9.17, 15) is 8.42 Å². The second-order valence-corrected chi connectivity index (χ2v) is 8.11. The SMILES string of the molecule is Cc1cccc(C2NS(=O)(=O)c3ccccc3-c3ccccc32)c1C. The fourth-order valence-electron chi connectivity index (χ4n) is 3.52. The van der Waals surface area contributed by atoms with Crippen LogP contribution in [0, 0.1) is 13.8 Å². The highest BCUT2D eigenvalue weighted by Gasteiger charge is 2.32. The van der Waals surface area contributed by atoms with Crippen molar-refractivity contribution in [2.24, 2.45) is 0 Å². The van der Waals surface area contributed by atoms with E-state index in [1.54, 1.807) is 12.1 Å². The Kier molecular flexibility index (Phi) is 3.74. The highest BCUT2D eigenvalue weighted by Crippen LogP contribution is 2.40. The molecule has 0 bridgehead atoms. The highest BCUT2D eigenvalue weighted by atomic mass is 32.2. The Labute approximate surface area is 148 Å². The summed E-state index contributed by atoms with van der Waals surface area (Å²) in [4.78, 5) is 0.329. The Morgan fingerprint density at radius 2 is 1.40 bits per heavy atom. The molecular weight excluding hydrogens is 330 g/mol. The van der Waals surface area contributed by atoms with Crippen LogP contribution in [0.1, 0.15) is 28.3 Å². The number of hydrogen-bond acceptors (Lipinski definition) is 2. The first-order chi connectivity index (χ1) is 12.0. The van der Waals surface area contributed by atoms with Crippen molar-refractivity contribution in [3.63, 3.8) is 0 Å². The Hall–Kier alpha value is -2.43. The van der Waals surface area contributed by atoms with E-state index in [-0.39, 0.29) is 0 Å². The summed E-state index contributed by atoms with van der Waals surface area (Å²) in [7, 11) is -3.62. The fourth-order valence-corrected chi connectivity index (χ4v) is 4.93. The zero-order valence-electron chi connectivity index (χ0n) is 14.2. The number of aryl methyl sites for hydroxylation is 1. The molecule has 4 rings (SSSR count). The minimum absolute atomic E-state index is 0.329. The maximum Gasteiger partial charge on any atom is 0.242 e. The van der Waals surface area contributed by atoms with Crippen molar-refractivity contribution in [3.8, 4) is 11.1 Å². The number of fused-ring (bicyclic) bond motifs is 3. The Morgan fingerprint density at radius 1 is 0.760 bits per heavy atom. The summed E-state index contributed by atoms with van der Waals surface area (Å²) in [6.45, 7) is 4.09. The van der Waals surface area contributed by atoms with Gasteiger partial charge in [0.2, 0.25) is 10.0 Å². The number of hydrogen-bond donors (Lipinski definition) is 1.